The summed E-state index contributed by atoms with van der Waals surface area (Å²) in [7, 11) is 1.84. The number of aromatic hydroxyl groups is 1. The number of hydrogen-bond donors (Lipinski definition) is 15. The van der Waals surface area contributed by atoms with Crippen LogP contribution in [-0.2, 0) is 114 Å². The molecule has 135 heavy (non-hydrogen) atoms. The van der Waals surface area contributed by atoms with Gasteiger partial charge in [-0.1, -0.05) is 236 Å². The van der Waals surface area contributed by atoms with Crippen molar-refractivity contribution >= 4 is 105 Å². The zero-order valence-electron chi connectivity index (χ0n) is 79.1. The number of Topliss-reactive ketones (excluding diaryl/α,β-unsaturated/α-hetero) is 1. The van der Waals surface area contributed by atoms with Crippen LogP contribution in [0.3, 0.4) is 0 Å². The molecule has 0 bridgehead atoms. The Morgan fingerprint density at radius 2 is 0.926 bits per heavy atom. The topological polar surface area (TPSA) is 463 Å². The fraction of sp³-hybridized carbons (Fsp3) is 0.451. The number of rotatable bonds is 54. The van der Waals surface area contributed by atoms with Gasteiger partial charge in [-0.2, -0.15) is 0 Å². The Bertz CT molecular complexity index is 5000. The number of carbonyl (C=O) groups is 14. The minimum absolute atomic E-state index is 0.000821. The second-order valence-corrected chi connectivity index (χ2v) is 36.2. The lowest BCUT2D eigenvalue weighted by Gasteiger charge is -2.37. The van der Waals surface area contributed by atoms with Gasteiger partial charge in [0, 0.05) is 58.3 Å². The highest BCUT2D eigenvalue weighted by Gasteiger charge is 2.44. The molecule has 0 aliphatic carbocycles. The van der Waals surface area contributed by atoms with Gasteiger partial charge in [0.05, 0.1) is 29.9 Å². The number of hydrogen-bond acceptors (Lipinski definition) is 19. The molecule has 1 saturated heterocycles. The van der Waals surface area contributed by atoms with Crippen LogP contribution < -0.4 is 74.9 Å². The number of nitrogens with two attached hydrogens (primary N) is 1. The van der Waals surface area contributed by atoms with E-state index in [-0.39, 0.29) is 120 Å². The van der Waals surface area contributed by atoms with Gasteiger partial charge in [0.25, 0.3) is 0 Å². The average molecular weight is 1970 g/mol. The van der Waals surface area contributed by atoms with Crippen molar-refractivity contribution in [2.45, 2.75) is 225 Å². The van der Waals surface area contributed by atoms with E-state index in [0.29, 0.717) is 46.4 Å². The van der Waals surface area contributed by atoms with E-state index in [1.54, 1.807) is 71.0 Å². The smallest absolute Gasteiger partial charge is 0.246 e. The number of amides is 13. The monoisotopic (exact) mass is 1970 g/mol. The first-order valence-corrected chi connectivity index (χ1v) is 47.4. The molecule has 0 spiro atoms. The molecule has 13 amide bonds. The zero-order valence-corrected chi connectivity index (χ0v) is 81.2. The van der Waals surface area contributed by atoms with Crippen molar-refractivity contribution in [1.29, 1.82) is 0 Å². The van der Waals surface area contributed by atoms with Crippen LogP contribution in [-0.4, -0.2) is 206 Å². The van der Waals surface area contributed by atoms with E-state index in [9.17, 15) is 62.6 Å². The molecule has 0 radical (unpaired) electrons. The van der Waals surface area contributed by atoms with E-state index in [2.05, 4.69) is 69.1 Å². The summed E-state index contributed by atoms with van der Waals surface area (Å²) >= 11 is 1.91. The first kappa shape index (κ1) is 108. The highest BCUT2D eigenvalue weighted by atomic mass is 127. The van der Waals surface area contributed by atoms with Crippen molar-refractivity contribution in [3.05, 3.63) is 241 Å². The molecule has 0 aromatic heterocycles. The minimum atomic E-state index is -1.44. The molecule has 1 aliphatic rings. The van der Waals surface area contributed by atoms with E-state index in [1.165, 1.54) is 17.9 Å². The summed E-state index contributed by atoms with van der Waals surface area (Å²) < 4.78 is 11.2. The van der Waals surface area contributed by atoms with Crippen LogP contribution in [0.25, 0.3) is 0 Å². The summed E-state index contributed by atoms with van der Waals surface area (Å²) in [6.07, 6.45) is -0.558. The number of nitrogens with one attached hydrogen (secondary N) is 13. The van der Waals surface area contributed by atoms with Crippen LogP contribution in [0.2, 0.25) is 0 Å². The van der Waals surface area contributed by atoms with E-state index in [0.717, 1.165) is 38.9 Å². The number of carbonyl (C=O) groups excluding carboxylic acids is 14. The molecule has 32 nitrogen and oxygen atoms in total. The summed E-state index contributed by atoms with van der Waals surface area (Å²) in [5.41, 5.74) is 12.1. The summed E-state index contributed by atoms with van der Waals surface area (Å²) in [5.74, 6) is -10.9. The summed E-state index contributed by atoms with van der Waals surface area (Å²) in [4.78, 5) is 204. The highest BCUT2D eigenvalue weighted by Crippen LogP contribution is 2.37. The molecule has 12 atom stereocenters. The van der Waals surface area contributed by atoms with E-state index >= 15 is 9.59 Å². The quantitative estimate of drug-likeness (QED) is 0.0109. The standard InChI is InChI=1S/C102H134IN15O17/c1-12-67(9)91(100(132)113-80(92(124)106-59-72-41-39-71(40-42-72)58-105-11)45-47-88(121)117-102(74-24-18-15-19-25-74,75-26-20-16-21-27-75)76-28-22-17-23-29-76)116-98(130)85(56-70-37-32-65(7)33-38-70)114-94(126)78(13-2)110-96(128)82(52-63(4)5)108-89(122)60-107-93(125)83(57-73-43-46-87(120)77(103)54-73)115-99(131)86-53-66(8)61-118(86)101(133)79(14-3)111-95(127)81(44-34-68(10)119)112-97(129)84(55-69-35-30-64(6)31-36-69)109-90(123)62-135-51-50-134-49-48-104/h15-33,35-43,46,54,63,66-67,78-86,91,105,120H,12-14,34,44-45,47-53,55-62,104H2,1-11H3,(H,106,124)(H,107,125)(H,108,122)(H,109,123)(H,110,128)(H,111,127)(H,112,129)(H,113,132)(H,114,126)(H,115,131)(H,116,130)(H,117,121)/t66-,67?,78+,79+,80+,81-,82+,83+,84+,85+,86+,91+/m1/s1. The molecule has 1 aliphatic heterocycles. The second kappa shape index (κ2) is 54.9. The fourth-order valence-electron chi connectivity index (χ4n) is 15.9. The van der Waals surface area contributed by atoms with Crippen LogP contribution in [0.15, 0.2) is 182 Å². The molecule has 1 unspecified atom stereocenters. The van der Waals surface area contributed by atoms with Gasteiger partial charge in [-0.25, -0.2) is 0 Å². The molecular formula is C102H134IN15O17. The van der Waals surface area contributed by atoms with Crippen molar-refractivity contribution in [2.24, 2.45) is 23.5 Å². The van der Waals surface area contributed by atoms with Crippen LogP contribution in [0.1, 0.15) is 169 Å². The first-order chi connectivity index (χ1) is 64.6. The van der Waals surface area contributed by atoms with Gasteiger partial charge in [0.1, 0.15) is 84.1 Å². The Morgan fingerprint density at radius 1 is 0.474 bits per heavy atom. The molecule has 33 heteroatoms. The fourth-order valence-corrected chi connectivity index (χ4v) is 16.5. The number of phenolic OH excluding ortho intramolecular Hbond substituents is 1. The SMILES string of the molecule is CCC(C)[C@H](NC(=O)[C@H](Cc1ccc(C)cc1)NC(=O)[C@H](CC)NC(=O)[C@H](CC(C)C)NC(=O)CNC(=O)[C@H](Cc1ccc(O)c(I)c1)NC(=O)[C@@H]1C[C@@H](C)CN1C(=O)[C@H](CC)NC(=O)[C@@H](CCC(C)=O)NC(=O)[C@H](Cc1ccc(C)cc1)NC(=O)COCCOCCN)C(=O)N[C@@H](CCC(=O)NC(c1ccccc1)(c1ccccc1)c1ccccc1)C(=O)NCc1ccc(CNC)cc1. The molecule has 8 rings (SSSR count). The molecule has 0 saturated carbocycles. The lowest BCUT2D eigenvalue weighted by atomic mass is 9.77. The Balaban J connectivity index is 0.953. The Morgan fingerprint density at radius 3 is 1.47 bits per heavy atom. The van der Waals surface area contributed by atoms with Crippen molar-refractivity contribution in [3.8, 4) is 5.75 Å². The zero-order chi connectivity index (χ0) is 98.3. The van der Waals surface area contributed by atoms with Gasteiger partial charge in [-0.05, 0) is 163 Å². The number of benzene rings is 7. The number of ketones is 1. The number of likely N-dealkylation sites (tertiary alicyclic amines) is 1. The Kier molecular flexibility index (Phi) is 43.9. The van der Waals surface area contributed by atoms with E-state index < -0.39 is 162 Å². The van der Waals surface area contributed by atoms with Gasteiger partial charge in [0.15, 0.2) is 0 Å². The lowest BCUT2D eigenvalue weighted by molar-refractivity contribution is -0.142. The van der Waals surface area contributed by atoms with Crippen molar-refractivity contribution in [1.82, 2.24) is 74.0 Å². The van der Waals surface area contributed by atoms with Crippen LogP contribution in [0.4, 0.5) is 0 Å². The number of phenols is 1. The van der Waals surface area contributed by atoms with Gasteiger partial charge < -0.3 is 99.1 Å². The highest BCUT2D eigenvalue weighted by molar-refractivity contribution is 14.1. The summed E-state index contributed by atoms with van der Waals surface area (Å²) in [6, 6.07) is 42.1. The molecule has 7 aromatic rings. The third-order valence-corrected chi connectivity index (χ3v) is 24.5. The number of ether oxygens (including phenoxy) is 2. The maximum Gasteiger partial charge on any atom is 0.246 e. The van der Waals surface area contributed by atoms with Gasteiger partial charge >= 0.3 is 0 Å². The van der Waals surface area contributed by atoms with Crippen molar-refractivity contribution < 1.29 is 81.7 Å². The first-order valence-electron chi connectivity index (χ1n) is 46.4. The molecule has 16 N–H and O–H groups in total. The maximum absolute atomic E-state index is 15.2. The van der Waals surface area contributed by atoms with E-state index in [4.69, 9.17) is 15.2 Å². The molecule has 1 fully saturated rings. The maximum atomic E-state index is 15.2. The predicted molar refractivity (Wildman–Crippen MR) is 522 cm³/mol. The molecule has 726 valence electrons. The summed E-state index contributed by atoms with van der Waals surface area (Å²) in [5, 5.41) is 47.6. The van der Waals surface area contributed by atoms with E-state index in [1.807, 2.05) is 197 Å². The second-order valence-electron chi connectivity index (χ2n) is 35.1. The van der Waals surface area contributed by atoms with Crippen LogP contribution >= 0.6 is 22.6 Å². The number of halogens is 1. The Hall–Kier alpha value is -12.3. The van der Waals surface area contributed by atoms with Crippen LogP contribution in [0.5, 0.6) is 5.75 Å². The third kappa shape index (κ3) is 33.9. The normalized spacial score (nSPS) is 15.2. The summed E-state index contributed by atoms with van der Waals surface area (Å²) in [6.45, 7) is 17.8. The molecule has 7 aromatic carbocycles. The largest absolute Gasteiger partial charge is 0.507 e. The minimum Gasteiger partial charge on any atom is -0.507 e. The molecular weight excluding hydrogens is 1830 g/mol. The average Bonchev–Trinajstić information content (AvgIpc) is 1.10. The van der Waals surface area contributed by atoms with Crippen molar-refractivity contribution in [2.75, 3.05) is 53.1 Å². The Labute approximate surface area is 804 Å². The lowest BCUT2D eigenvalue weighted by Crippen LogP contribution is -2.60. The number of aryl methyl sites for hydroxylation is 2. The third-order valence-electron chi connectivity index (χ3n) is 23.6. The van der Waals surface area contributed by atoms with Gasteiger partial charge in [-0.15, -0.1) is 0 Å². The predicted octanol–water partition coefficient (Wildman–Crippen LogP) is 6.56. The molecule has 1 heterocycles. The van der Waals surface area contributed by atoms with Gasteiger partial charge in [0.2, 0.25) is 76.8 Å². The van der Waals surface area contributed by atoms with Crippen LogP contribution in [0, 0.1) is 35.2 Å². The van der Waals surface area contributed by atoms with Crippen molar-refractivity contribution in [3.63, 3.8) is 0 Å². The number of nitrogens with zero attached hydrogens (tertiary/aromatic N) is 1. The van der Waals surface area contributed by atoms with Gasteiger partial charge in [-0.3, -0.25) is 62.3 Å².